The number of halogens is 2. The van der Waals surface area contributed by atoms with Crippen molar-refractivity contribution in [2.45, 2.75) is 13.5 Å². The van der Waals surface area contributed by atoms with Gasteiger partial charge < -0.3 is 20.4 Å². The average Bonchev–Trinajstić information content (AvgIpc) is 3.20. The number of hydrogen-bond donors (Lipinski definition) is 2. The SMILES string of the molecule is CCNc1cnc2c(N)c(-c3ccc4ncn(C)c4c3)c(=O)n(-c3ccc(OC(F)F)cc3)c2c1. The number of alkyl halides is 2. The van der Waals surface area contributed by atoms with Gasteiger partial charge in [-0.15, -0.1) is 0 Å². The number of ether oxygens (including phenoxy) is 1. The summed E-state index contributed by atoms with van der Waals surface area (Å²) in [6, 6.07) is 13.1. The highest BCUT2D eigenvalue weighted by Gasteiger charge is 2.20. The van der Waals surface area contributed by atoms with Gasteiger partial charge in [-0.05, 0) is 55.0 Å². The second kappa shape index (κ2) is 8.71. The highest BCUT2D eigenvalue weighted by Crippen LogP contribution is 2.32. The van der Waals surface area contributed by atoms with E-state index in [4.69, 9.17) is 5.73 Å². The Hall–Kier alpha value is -4.47. The van der Waals surface area contributed by atoms with Gasteiger partial charge in [0.2, 0.25) is 0 Å². The molecule has 5 rings (SSSR count). The first kappa shape index (κ1) is 22.3. The zero-order valence-corrected chi connectivity index (χ0v) is 19.0. The number of benzene rings is 2. The van der Waals surface area contributed by atoms with Crippen LogP contribution in [0.5, 0.6) is 5.75 Å². The lowest BCUT2D eigenvalue weighted by atomic mass is 10.0. The van der Waals surface area contributed by atoms with Crippen molar-refractivity contribution in [3.8, 4) is 22.6 Å². The minimum absolute atomic E-state index is 0.00936. The number of aryl methyl sites for hydroxylation is 1. The fourth-order valence-corrected chi connectivity index (χ4v) is 4.18. The monoisotopic (exact) mass is 476 g/mol. The van der Waals surface area contributed by atoms with Gasteiger partial charge in [0.15, 0.2) is 0 Å². The molecule has 0 aliphatic rings. The van der Waals surface area contributed by atoms with E-state index in [-0.39, 0.29) is 22.6 Å². The number of fused-ring (bicyclic) bond motifs is 2. The average molecular weight is 476 g/mol. The molecule has 0 aliphatic heterocycles. The molecule has 5 aromatic rings. The van der Waals surface area contributed by atoms with Crippen molar-refractivity contribution >= 4 is 33.4 Å². The van der Waals surface area contributed by atoms with Crippen LogP contribution < -0.4 is 21.3 Å². The van der Waals surface area contributed by atoms with Crippen LogP contribution in [0, 0.1) is 0 Å². The Labute approximate surface area is 198 Å². The van der Waals surface area contributed by atoms with Crippen LogP contribution in [-0.4, -0.2) is 32.3 Å². The van der Waals surface area contributed by atoms with E-state index in [9.17, 15) is 13.6 Å². The summed E-state index contributed by atoms with van der Waals surface area (Å²) in [6.07, 6.45) is 3.36. The summed E-state index contributed by atoms with van der Waals surface area (Å²) in [5, 5.41) is 3.19. The van der Waals surface area contributed by atoms with Crippen molar-refractivity contribution < 1.29 is 13.5 Å². The fourth-order valence-electron chi connectivity index (χ4n) is 4.18. The molecule has 0 amide bonds. The van der Waals surface area contributed by atoms with Gasteiger partial charge >= 0.3 is 6.61 Å². The number of rotatable bonds is 6. The third kappa shape index (κ3) is 3.92. The number of hydrogen-bond acceptors (Lipinski definition) is 6. The van der Waals surface area contributed by atoms with Crippen LogP contribution in [0.25, 0.3) is 38.9 Å². The minimum Gasteiger partial charge on any atom is -0.435 e. The van der Waals surface area contributed by atoms with Gasteiger partial charge in [-0.3, -0.25) is 14.3 Å². The molecule has 3 heterocycles. The van der Waals surface area contributed by atoms with E-state index >= 15 is 0 Å². The highest BCUT2D eigenvalue weighted by molar-refractivity contribution is 5.98. The van der Waals surface area contributed by atoms with E-state index < -0.39 is 6.61 Å². The molecule has 0 radical (unpaired) electrons. The summed E-state index contributed by atoms with van der Waals surface area (Å²) >= 11 is 0. The predicted octanol–water partition coefficient (Wildman–Crippen LogP) is 4.55. The second-order valence-corrected chi connectivity index (χ2v) is 7.98. The van der Waals surface area contributed by atoms with Crippen LogP contribution in [0.4, 0.5) is 20.2 Å². The molecule has 0 spiro atoms. The molecule has 3 N–H and O–H groups in total. The number of imidazole rings is 1. The van der Waals surface area contributed by atoms with Gasteiger partial charge in [0, 0.05) is 19.3 Å². The second-order valence-electron chi connectivity index (χ2n) is 7.98. The topological polar surface area (TPSA) is 100.0 Å². The lowest BCUT2D eigenvalue weighted by Gasteiger charge is -2.17. The Morgan fingerprint density at radius 3 is 2.57 bits per heavy atom. The van der Waals surface area contributed by atoms with Gasteiger partial charge in [-0.2, -0.15) is 8.78 Å². The van der Waals surface area contributed by atoms with Crippen LogP contribution in [0.3, 0.4) is 0 Å². The maximum atomic E-state index is 14.0. The molecule has 0 atom stereocenters. The maximum absolute atomic E-state index is 14.0. The van der Waals surface area contributed by atoms with Crippen molar-refractivity contribution in [3.63, 3.8) is 0 Å². The molecule has 0 unspecified atom stereocenters. The predicted molar refractivity (Wildman–Crippen MR) is 132 cm³/mol. The number of nitrogens with zero attached hydrogens (tertiary/aromatic N) is 4. The lowest BCUT2D eigenvalue weighted by molar-refractivity contribution is -0.0498. The molecule has 178 valence electrons. The first-order valence-electron chi connectivity index (χ1n) is 10.9. The molecule has 35 heavy (non-hydrogen) atoms. The third-order valence-corrected chi connectivity index (χ3v) is 5.76. The Kier molecular flexibility index (Phi) is 5.56. The van der Waals surface area contributed by atoms with E-state index in [1.807, 2.05) is 30.7 Å². The highest BCUT2D eigenvalue weighted by atomic mass is 19.3. The Bertz CT molecular complexity index is 1610. The number of aromatic nitrogens is 4. The summed E-state index contributed by atoms with van der Waals surface area (Å²) < 4.78 is 33.0. The number of anilines is 2. The van der Waals surface area contributed by atoms with E-state index in [1.165, 1.54) is 16.7 Å². The standard InChI is InChI=1S/C25H22F2N6O2/c1-3-29-15-11-20-23(30-12-15)22(28)21(14-4-9-18-19(10-14)32(2)13-31-18)24(34)33(20)16-5-7-17(8-6-16)35-25(26)27/h4-13,25,29H,3,28H2,1-2H3. The molecule has 10 heteroatoms. The number of nitrogen functional groups attached to an aromatic ring is 1. The van der Waals surface area contributed by atoms with Crippen LogP contribution >= 0.6 is 0 Å². The van der Waals surface area contributed by atoms with E-state index in [1.54, 1.807) is 36.8 Å². The molecular weight excluding hydrogens is 454 g/mol. The molecule has 3 aromatic heterocycles. The lowest BCUT2D eigenvalue weighted by Crippen LogP contribution is -2.23. The van der Waals surface area contributed by atoms with Crippen LogP contribution in [0.2, 0.25) is 0 Å². The van der Waals surface area contributed by atoms with E-state index in [0.29, 0.717) is 34.5 Å². The van der Waals surface area contributed by atoms with Gasteiger partial charge in [0.25, 0.3) is 5.56 Å². The normalized spacial score (nSPS) is 11.5. The Morgan fingerprint density at radius 2 is 1.86 bits per heavy atom. The van der Waals surface area contributed by atoms with Crippen molar-refractivity contribution in [3.05, 3.63) is 71.4 Å². The van der Waals surface area contributed by atoms with Gasteiger partial charge in [-0.25, -0.2) is 4.98 Å². The van der Waals surface area contributed by atoms with Gasteiger partial charge in [-0.1, -0.05) is 6.07 Å². The summed E-state index contributed by atoms with van der Waals surface area (Å²) in [5.41, 5.74) is 11.1. The molecule has 0 bridgehead atoms. The van der Waals surface area contributed by atoms with Gasteiger partial charge in [0.1, 0.15) is 11.3 Å². The maximum Gasteiger partial charge on any atom is 0.387 e. The summed E-state index contributed by atoms with van der Waals surface area (Å²) in [6.45, 7) is -0.332. The van der Waals surface area contributed by atoms with E-state index in [0.717, 1.165) is 11.0 Å². The van der Waals surface area contributed by atoms with Gasteiger partial charge in [0.05, 0.1) is 46.0 Å². The zero-order valence-electron chi connectivity index (χ0n) is 19.0. The Morgan fingerprint density at radius 1 is 1.09 bits per heavy atom. The third-order valence-electron chi connectivity index (χ3n) is 5.76. The molecule has 0 saturated carbocycles. The molecule has 0 saturated heterocycles. The van der Waals surface area contributed by atoms with Crippen LogP contribution in [0.15, 0.2) is 65.8 Å². The van der Waals surface area contributed by atoms with Crippen molar-refractivity contribution in [2.24, 2.45) is 7.05 Å². The van der Waals surface area contributed by atoms with Crippen molar-refractivity contribution in [1.82, 2.24) is 19.1 Å². The zero-order chi connectivity index (χ0) is 24.7. The molecule has 0 aliphatic carbocycles. The van der Waals surface area contributed by atoms with Crippen molar-refractivity contribution in [1.29, 1.82) is 0 Å². The minimum atomic E-state index is -2.94. The van der Waals surface area contributed by atoms with Crippen LogP contribution in [0.1, 0.15) is 6.92 Å². The first-order valence-corrected chi connectivity index (χ1v) is 10.9. The number of nitrogens with two attached hydrogens (primary N) is 1. The quantitative estimate of drug-likeness (QED) is 0.373. The number of pyridine rings is 2. The Balaban J connectivity index is 1.80. The largest absolute Gasteiger partial charge is 0.435 e. The summed E-state index contributed by atoms with van der Waals surface area (Å²) in [7, 11) is 1.87. The first-order chi connectivity index (χ1) is 16.9. The molecule has 0 fully saturated rings. The molecule has 2 aromatic carbocycles. The molecular formula is C25H22F2N6O2. The summed E-state index contributed by atoms with van der Waals surface area (Å²) in [5.74, 6) is -0.00936. The fraction of sp³-hybridized carbons (Fsp3) is 0.160. The molecule has 8 nitrogen and oxygen atoms in total. The summed E-state index contributed by atoms with van der Waals surface area (Å²) in [4.78, 5) is 22.8. The van der Waals surface area contributed by atoms with Crippen LogP contribution in [-0.2, 0) is 7.05 Å². The number of nitrogens with one attached hydrogen (secondary N) is 1. The van der Waals surface area contributed by atoms with Crippen molar-refractivity contribution in [2.75, 3.05) is 17.6 Å². The van der Waals surface area contributed by atoms with E-state index in [2.05, 4.69) is 20.0 Å². The smallest absolute Gasteiger partial charge is 0.387 e.